The molecule has 1 aromatic heterocycles. The number of carbonyl (C=O) groups excluding carboxylic acids is 3. The molecule has 50 heavy (non-hydrogen) atoms. The molecule has 3 heterocycles. The van der Waals surface area contributed by atoms with Crippen LogP contribution in [0.1, 0.15) is 66.0 Å². The normalized spacial score (nSPS) is 25.5. The third kappa shape index (κ3) is 8.46. The number of nitrogens with one attached hydrogen (secondary N) is 1. The molecule has 2 saturated carbocycles. The van der Waals surface area contributed by atoms with Crippen molar-refractivity contribution >= 4 is 46.5 Å². The number of benzene rings is 1. The van der Waals surface area contributed by atoms with Crippen molar-refractivity contribution in [1.29, 1.82) is 0 Å². The number of pyridine rings is 1. The zero-order chi connectivity index (χ0) is 35.7. The smallest absolute Gasteiger partial charge is 0.408 e. The summed E-state index contributed by atoms with van der Waals surface area (Å²) in [5.41, 5.74) is 7.38. The fourth-order valence-electron chi connectivity index (χ4n) is 7.36. The fourth-order valence-corrected chi connectivity index (χ4v) is 7.63. The number of rotatable bonds is 11. The lowest BCUT2D eigenvalue weighted by Crippen LogP contribution is -2.57. The molecule has 2 aliphatic heterocycles. The van der Waals surface area contributed by atoms with Crippen LogP contribution in [0.3, 0.4) is 0 Å². The Morgan fingerprint density at radius 2 is 1.80 bits per heavy atom. The van der Waals surface area contributed by atoms with Gasteiger partial charge in [0.15, 0.2) is 0 Å². The molecule has 0 radical (unpaired) electrons. The van der Waals surface area contributed by atoms with E-state index in [9.17, 15) is 14.4 Å². The summed E-state index contributed by atoms with van der Waals surface area (Å²) in [5, 5.41) is 3.86. The van der Waals surface area contributed by atoms with Gasteiger partial charge in [-0.15, -0.1) is 0 Å². The van der Waals surface area contributed by atoms with E-state index in [0.717, 1.165) is 38.0 Å². The second kappa shape index (κ2) is 14.9. The molecule has 0 spiro atoms. The summed E-state index contributed by atoms with van der Waals surface area (Å²) in [6.45, 7) is 14.0. The molecule has 6 atom stereocenters. The number of fused-ring (bicyclic) bond motifs is 2. The molecule has 3 N–H and O–H groups in total. The largest absolute Gasteiger partial charge is 0.491 e. The minimum absolute atomic E-state index is 0.0972. The van der Waals surface area contributed by atoms with Gasteiger partial charge in [0.1, 0.15) is 47.4 Å². The van der Waals surface area contributed by atoms with Gasteiger partial charge in [0.2, 0.25) is 11.8 Å². The average molecular weight is 712 g/mol. The van der Waals surface area contributed by atoms with Crippen molar-refractivity contribution in [3.05, 3.63) is 34.5 Å². The first kappa shape index (κ1) is 36.2. The molecule has 2 unspecified atom stereocenters. The second-order valence-electron chi connectivity index (χ2n) is 15.4. The number of allylic oxidation sites excluding steroid dienone is 1. The van der Waals surface area contributed by atoms with Crippen molar-refractivity contribution in [2.45, 2.75) is 84.6 Å². The van der Waals surface area contributed by atoms with Gasteiger partial charge in [-0.1, -0.05) is 37.9 Å². The van der Waals surface area contributed by atoms with Gasteiger partial charge in [0.05, 0.1) is 31.0 Å². The lowest BCUT2D eigenvalue weighted by Gasteiger charge is -2.35. The molecule has 272 valence electrons. The molecular formula is C37H50ClN5O7. The van der Waals surface area contributed by atoms with Gasteiger partial charge in [0, 0.05) is 37.5 Å². The van der Waals surface area contributed by atoms with Crippen LogP contribution in [0.4, 0.5) is 4.79 Å². The number of halogens is 1. The van der Waals surface area contributed by atoms with Crippen LogP contribution in [-0.2, 0) is 19.1 Å². The van der Waals surface area contributed by atoms with E-state index in [1.807, 2.05) is 58.9 Å². The Balaban J connectivity index is 1.19. The van der Waals surface area contributed by atoms with Crippen LogP contribution in [0.15, 0.2) is 23.8 Å². The van der Waals surface area contributed by atoms with E-state index in [-0.39, 0.29) is 19.1 Å². The maximum atomic E-state index is 14.1. The molecule has 0 bridgehead atoms. The predicted molar refractivity (Wildman–Crippen MR) is 190 cm³/mol. The summed E-state index contributed by atoms with van der Waals surface area (Å²) in [4.78, 5) is 48.4. The second-order valence-corrected chi connectivity index (χ2v) is 15.8. The number of hydrogen-bond acceptors (Lipinski definition) is 9. The Kier molecular flexibility index (Phi) is 10.8. The predicted octanol–water partition coefficient (Wildman–Crippen LogP) is 4.80. The minimum Gasteiger partial charge on any atom is -0.491 e. The van der Waals surface area contributed by atoms with Crippen LogP contribution in [0.5, 0.6) is 11.5 Å². The highest BCUT2D eigenvalue weighted by Crippen LogP contribution is 2.52. The number of primary amides is 1. The third-order valence-corrected chi connectivity index (χ3v) is 10.5. The lowest BCUT2D eigenvalue weighted by atomic mass is 9.85. The number of morpholine rings is 1. The molecule has 4 aliphatic rings. The minimum atomic E-state index is -0.946. The SMILES string of the molecule is CC(C)=Cc1cc(OC2C[C@@H](C(N)=O)N(C(=O)[C@@H](NC(=O)OC3C[C@@H]4C[C@@H]4C3)C(C)(C)C)C2)c2ccc(OCCN3CCOCC3)c(Cl)c2n1. The van der Waals surface area contributed by atoms with Gasteiger partial charge in [-0.05, 0) is 68.6 Å². The summed E-state index contributed by atoms with van der Waals surface area (Å²) in [6, 6.07) is 3.64. The summed E-state index contributed by atoms with van der Waals surface area (Å²) < 4.78 is 23.8. The van der Waals surface area contributed by atoms with E-state index in [0.29, 0.717) is 64.8 Å². The van der Waals surface area contributed by atoms with E-state index in [1.165, 1.54) is 11.3 Å². The van der Waals surface area contributed by atoms with Crippen LogP contribution < -0.4 is 20.5 Å². The van der Waals surface area contributed by atoms with Crippen molar-refractivity contribution in [1.82, 2.24) is 20.1 Å². The van der Waals surface area contributed by atoms with Gasteiger partial charge >= 0.3 is 6.09 Å². The van der Waals surface area contributed by atoms with Crippen LogP contribution >= 0.6 is 11.6 Å². The first-order valence-electron chi connectivity index (χ1n) is 17.7. The van der Waals surface area contributed by atoms with Gasteiger partial charge in [-0.25, -0.2) is 9.78 Å². The number of amides is 3. The Labute approximate surface area is 298 Å². The van der Waals surface area contributed by atoms with Gasteiger partial charge in [0.25, 0.3) is 0 Å². The zero-order valence-electron chi connectivity index (χ0n) is 29.7. The monoisotopic (exact) mass is 711 g/mol. The van der Waals surface area contributed by atoms with Crippen LogP contribution in [-0.4, -0.2) is 103 Å². The summed E-state index contributed by atoms with van der Waals surface area (Å²) in [5.74, 6) is 1.28. The van der Waals surface area contributed by atoms with E-state index >= 15 is 0 Å². The van der Waals surface area contributed by atoms with Gasteiger partial charge < -0.3 is 34.9 Å². The molecule has 1 aromatic carbocycles. The molecule has 4 fully saturated rings. The maximum Gasteiger partial charge on any atom is 0.408 e. The standard InChI is InChI=1S/C37H50ClN5O7/c1-21(2)14-24-18-30(27-6-7-29(31(38)32(27)40-24)48-13-10-42-8-11-47-12-9-42)49-26-19-28(34(39)44)43(20-26)35(45)33(37(3,4)5)41-36(46)50-25-16-22-15-23(22)17-25/h6-7,14,18,22-23,25-26,28,33H,8-13,15-17,19-20H2,1-5H3,(H2,39,44)(H,41,46)/t22-,23+,25?,26?,28-,33+/m0/s1. The molecule has 6 rings (SSSR count). The number of hydrogen-bond donors (Lipinski definition) is 2. The number of alkyl carbamates (subject to hydrolysis) is 1. The van der Waals surface area contributed by atoms with Gasteiger partial charge in [-0.2, -0.15) is 0 Å². The Morgan fingerprint density at radius 1 is 1.08 bits per heavy atom. The Hall–Kier alpha value is -3.61. The number of nitrogens with two attached hydrogens (primary N) is 1. The van der Waals surface area contributed by atoms with E-state index < -0.39 is 41.5 Å². The molecule has 2 saturated heterocycles. The highest BCUT2D eigenvalue weighted by molar-refractivity contribution is 6.36. The first-order chi connectivity index (χ1) is 23.8. The fraction of sp³-hybridized carbons (Fsp3) is 0.622. The average Bonchev–Trinajstić information content (AvgIpc) is 3.43. The molecule has 12 nitrogen and oxygen atoms in total. The summed E-state index contributed by atoms with van der Waals surface area (Å²) in [6.07, 6.45) is 3.75. The van der Waals surface area contributed by atoms with Crippen molar-refractivity contribution in [3.63, 3.8) is 0 Å². The number of nitrogens with zero attached hydrogens (tertiary/aromatic N) is 3. The molecule has 13 heteroatoms. The highest BCUT2D eigenvalue weighted by Gasteiger charge is 2.48. The number of likely N-dealkylation sites (tertiary alicyclic amines) is 1. The Morgan fingerprint density at radius 3 is 2.46 bits per heavy atom. The van der Waals surface area contributed by atoms with Crippen molar-refractivity contribution in [3.8, 4) is 11.5 Å². The first-order valence-corrected chi connectivity index (χ1v) is 18.1. The molecule has 2 aliphatic carbocycles. The lowest BCUT2D eigenvalue weighted by molar-refractivity contribution is -0.141. The zero-order valence-corrected chi connectivity index (χ0v) is 30.5. The molecule has 3 amide bonds. The Bertz CT molecular complexity index is 1620. The maximum absolute atomic E-state index is 14.1. The van der Waals surface area contributed by atoms with Crippen molar-refractivity contribution < 1.29 is 33.3 Å². The van der Waals surface area contributed by atoms with E-state index in [4.69, 9.17) is 41.3 Å². The van der Waals surface area contributed by atoms with Crippen LogP contribution in [0.2, 0.25) is 5.02 Å². The van der Waals surface area contributed by atoms with Crippen LogP contribution in [0.25, 0.3) is 17.0 Å². The quantitative estimate of drug-likeness (QED) is 0.336. The summed E-state index contributed by atoms with van der Waals surface area (Å²) in [7, 11) is 0. The highest BCUT2D eigenvalue weighted by atomic mass is 35.5. The number of aromatic nitrogens is 1. The van der Waals surface area contributed by atoms with Gasteiger partial charge in [-0.3, -0.25) is 14.5 Å². The molecule has 2 aromatic rings. The van der Waals surface area contributed by atoms with Crippen molar-refractivity contribution in [2.24, 2.45) is 23.0 Å². The third-order valence-electron chi connectivity index (χ3n) is 10.1. The number of ether oxygens (including phenoxy) is 4. The van der Waals surface area contributed by atoms with Crippen molar-refractivity contribution in [2.75, 3.05) is 46.0 Å². The van der Waals surface area contributed by atoms with Crippen LogP contribution in [0, 0.1) is 17.3 Å². The molecular weight excluding hydrogens is 662 g/mol. The topological polar surface area (TPSA) is 146 Å². The van der Waals surface area contributed by atoms with E-state index in [1.54, 1.807) is 0 Å². The number of carbonyl (C=O) groups is 3. The summed E-state index contributed by atoms with van der Waals surface area (Å²) >= 11 is 6.92. The van der Waals surface area contributed by atoms with E-state index in [2.05, 4.69) is 10.2 Å².